The number of rotatable bonds is 7. The van der Waals surface area contributed by atoms with Gasteiger partial charge in [0.1, 0.15) is 6.04 Å². The van der Waals surface area contributed by atoms with Crippen molar-refractivity contribution in [2.45, 2.75) is 45.2 Å². The Hall–Kier alpha value is -2.53. The quantitative estimate of drug-likeness (QED) is 0.766. The van der Waals surface area contributed by atoms with E-state index in [9.17, 15) is 9.90 Å². The van der Waals surface area contributed by atoms with Crippen LogP contribution in [0.1, 0.15) is 48.9 Å². The van der Waals surface area contributed by atoms with Gasteiger partial charge in [0.05, 0.1) is 19.8 Å². The van der Waals surface area contributed by atoms with Gasteiger partial charge in [-0.2, -0.15) is 0 Å². The molecule has 0 bridgehead atoms. The smallest absolute Gasteiger partial charge is 0.320 e. The summed E-state index contributed by atoms with van der Waals surface area (Å²) < 4.78 is 11.2. The average molecular weight is 383 g/mol. The Morgan fingerprint density at radius 1 is 1.14 bits per heavy atom. The zero-order valence-corrected chi connectivity index (χ0v) is 16.9. The number of aliphatic carboxylic acids is 1. The summed E-state index contributed by atoms with van der Waals surface area (Å²) in [5.74, 6) is 0.612. The number of likely N-dealkylation sites (tertiary alicyclic amines) is 1. The molecule has 5 heteroatoms. The Kier molecular flexibility index (Phi) is 6.57. The number of aryl methyl sites for hydroxylation is 1. The lowest BCUT2D eigenvalue weighted by Crippen LogP contribution is -2.46. The van der Waals surface area contributed by atoms with Crippen molar-refractivity contribution in [3.05, 3.63) is 59.2 Å². The Balaban J connectivity index is 2.09. The molecule has 1 saturated heterocycles. The summed E-state index contributed by atoms with van der Waals surface area (Å²) in [6.45, 7) is 5.29. The zero-order chi connectivity index (χ0) is 20.1. The highest BCUT2D eigenvalue weighted by molar-refractivity contribution is 5.73. The number of hydrogen-bond donors (Lipinski definition) is 1. The SMILES string of the molecule is CCOc1cc(C(c2ccc(C)cc2)N2CCCCC2C(=O)O)ccc1OC. The van der Waals surface area contributed by atoms with Gasteiger partial charge >= 0.3 is 5.97 Å². The molecule has 0 amide bonds. The number of methoxy groups -OCH3 is 1. The predicted molar refractivity (Wildman–Crippen MR) is 109 cm³/mol. The number of carboxylic acid groups (broad SMARTS) is 1. The molecule has 0 saturated carbocycles. The van der Waals surface area contributed by atoms with Gasteiger partial charge in [0.2, 0.25) is 0 Å². The second kappa shape index (κ2) is 9.11. The third kappa shape index (κ3) is 4.30. The number of piperidine rings is 1. The fourth-order valence-electron chi connectivity index (χ4n) is 3.98. The minimum absolute atomic E-state index is 0.146. The van der Waals surface area contributed by atoms with E-state index in [1.165, 1.54) is 5.56 Å². The Morgan fingerprint density at radius 3 is 2.50 bits per heavy atom. The lowest BCUT2D eigenvalue weighted by Gasteiger charge is -2.39. The first kappa shape index (κ1) is 20.2. The normalized spacial score (nSPS) is 18.5. The molecule has 0 spiro atoms. The summed E-state index contributed by atoms with van der Waals surface area (Å²) >= 11 is 0. The van der Waals surface area contributed by atoms with Crippen LogP contribution in [0.2, 0.25) is 0 Å². The summed E-state index contributed by atoms with van der Waals surface area (Å²) in [6.07, 6.45) is 2.62. The van der Waals surface area contributed by atoms with E-state index in [1.54, 1.807) is 7.11 Å². The van der Waals surface area contributed by atoms with E-state index in [0.717, 1.165) is 30.5 Å². The molecule has 1 fully saturated rings. The van der Waals surface area contributed by atoms with Crippen LogP contribution >= 0.6 is 0 Å². The largest absolute Gasteiger partial charge is 0.493 e. The first-order chi connectivity index (χ1) is 13.5. The summed E-state index contributed by atoms with van der Waals surface area (Å²) in [5.41, 5.74) is 3.29. The molecule has 0 aliphatic carbocycles. The van der Waals surface area contributed by atoms with Crippen molar-refractivity contribution in [1.82, 2.24) is 4.90 Å². The minimum atomic E-state index is -0.754. The number of ether oxygens (including phenoxy) is 2. The molecule has 1 N–H and O–H groups in total. The van der Waals surface area contributed by atoms with Crippen molar-refractivity contribution in [2.75, 3.05) is 20.3 Å². The maximum atomic E-state index is 12.0. The van der Waals surface area contributed by atoms with Crippen LogP contribution in [0.3, 0.4) is 0 Å². The number of carbonyl (C=O) groups is 1. The summed E-state index contributed by atoms with van der Waals surface area (Å²) in [5, 5.41) is 9.83. The maximum absolute atomic E-state index is 12.0. The van der Waals surface area contributed by atoms with Crippen LogP contribution in [0.4, 0.5) is 0 Å². The Morgan fingerprint density at radius 2 is 1.86 bits per heavy atom. The standard InChI is InChI=1S/C23H29NO4/c1-4-28-21-15-18(12-13-20(21)27-3)22(17-10-8-16(2)9-11-17)24-14-6-5-7-19(24)23(25)26/h8-13,15,19,22H,4-7,14H2,1-3H3,(H,25,26). The lowest BCUT2D eigenvalue weighted by atomic mass is 9.91. The molecule has 2 atom stereocenters. The molecule has 0 radical (unpaired) electrons. The number of nitrogens with zero attached hydrogens (tertiary/aromatic N) is 1. The van der Waals surface area contributed by atoms with Gasteiger partial charge in [-0.05, 0) is 56.5 Å². The highest BCUT2D eigenvalue weighted by Crippen LogP contribution is 2.38. The molecule has 2 unspecified atom stereocenters. The highest BCUT2D eigenvalue weighted by Gasteiger charge is 2.35. The summed E-state index contributed by atoms with van der Waals surface area (Å²) in [4.78, 5) is 14.1. The van der Waals surface area contributed by atoms with Crippen LogP contribution in [0, 0.1) is 6.92 Å². The van der Waals surface area contributed by atoms with Crippen LogP contribution in [0.5, 0.6) is 11.5 Å². The summed E-state index contributed by atoms with van der Waals surface area (Å²) in [7, 11) is 1.63. The molecule has 0 aromatic heterocycles. The molecule has 5 nitrogen and oxygen atoms in total. The Labute approximate surface area is 166 Å². The van der Waals surface area contributed by atoms with Gasteiger partial charge in [0.25, 0.3) is 0 Å². The first-order valence-corrected chi connectivity index (χ1v) is 9.91. The fraction of sp³-hybridized carbons (Fsp3) is 0.435. The van der Waals surface area contributed by atoms with E-state index in [4.69, 9.17) is 9.47 Å². The maximum Gasteiger partial charge on any atom is 0.320 e. The van der Waals surface area contributed by atoms with Gasteiger partial charge in [-0.1, -0.05) is 42.3 Å². The second-order valence-corrected chi connectivity index (χ2v) is 7.24. The molecule has 1 heterocycles. The zero-order valence-electron chi connectivity index (χ0n) is 16.9. The first-order valence-electron chi connectivity index (χ1n) is 9.91. The fourth-order valence-corrected chi connectivity index (χ4v) is 3.98. The van der Waals surface area contributed by atoms with Crippen LogP contribution in [0.25, 0.3) is 0 Å². The second-order valence-electron chi connectivity index (χ2n) is 7.24. The van der Waals surface area contributed by atoms with Gasteiger partial charge in [-0.3, -0.25) is 9.69 Å². The molecular formula is C23H29NO4. The van der Waals surface area contributed by atoms with E-state index in [-0.39, 0.29) is 6.04 Å². The van der Waals surface area contributed by atoms with Gasteiger partial charge in [0, 0.05) is 0 Å². The van der Waals surface area contributed by atoms with Gasteiger partial charge < -0.3 is 14.6 Å². The highest BCUT2D eigenvalue weighted by atomic mass is 16.5. The van der Waals surface area contributed by atoms with Gasteiger partial charge in [-0.15, -0.1) is 0 Å². The van der Waals surface area contributed by atoms with Crippen LogP contribution < -0.4 is 9.47 Å². The molecular weight excluding hydrogens is 354 g/mol. The van der Waals surface area contributed by atoms with Crippen molar-refractivity contribution in [3.63, 3.8) is 0 Å². The lowest BCUT2D eigenvalue weighted by molar-refractivity contribution is -0.145. The van der Waals surface area contributed by atoms with Gasteiger partial charge in [-0.25, -0.2) is 0 Å². The van der Waals surface area contributed by atoms with E-state index in [0.29, 0.717) is 24.5 Å². The van der Waals surface area contributed by atoms with Crippen molar-refractivity contribution in [3.8, 4) is 11.5 Å². The Bertz CT molecular complexity index is 803. The van der Waals surface area contributed by atoms with Crippen LogP contribution in [-0.4, -0.2) is 42.3 Å². The number of benzene rings is 2. The van der Waals surface area contributed by atoms with E-state index in [1.807, 2.05) is 25.1 Å². The molecule has 1 aliphatic rings. The number of hydrogen-bond acceptors (Lipinski definition) is 4. The van der Waals surface area contributed by atoms with Crippen molar-refractivity contribution < 1.29 is 19.4 Å². The molecule has 150 valence electrons. The number of carboxylic acids is 1. The van der Waals surface area contributed by atoms with Crippen molar-refractivity contribution in [1.29, 1.82) is 0 Å². The van der Waals surface area contributed by atoms with Crippen LogP contribution in [0.15, 0.2) is 42.5 Å². The summed E-state index contributed by atoms with van der Waals surface area (Å²) in [6, 6.07) is 13.6. The monoisotopic (exact) mass is 383 g/mol. The van der Waals surface area contributed by atoms with E-state index in [2.05, 4.69) is 36.1 Å². The van der Waals surface area contributed by atoms with Crippen LogP contribution in [-0.2, 0) is 4.79 Å². The van der Waals surface area contributed by atoms with Crippen molar-refractivity contribution >= 4 is 5.97 Å². The van der Waals surface area contributed by atoms with Crippen molar-refractivity contribution in [2.24, 2.45) is 0 Å². The van der Waals surface area contributed by atoms with E-state index >= 15 is 0 Å². The molecule has 1 aliphatic heterocycles. The van der Waals surface area contributed by atoms with Gasteiger partial charge in [0.15, 0.2) is 11.5 Å². The average Bonchev–Trinajstić information content (AvgIpc) is 2.70. The topological polar surface area (TPSA) is 59.0 Å². The van der Waals surface area contributed by atoms with E-state index < -0.39 is 12.0 Å². The third-order valence-electron chi connectivity index (χ3n) is 5.36. The predicted octanol–water partition coefficient (Wildman–Crippen LogP) is 4.43. The molecule has 3 rings (SSSR count). The molecule has 2 aromatic carbocycles. The molecule has 2 aromatic rings. The molecule has 28 heavy (non-hydrogen) atoms. The third-order valence-corrected chi connectivity index (χ3v) is 5.36. The minimum Gasteiger partial charge on any atom is -0.493 e.